The Morgan fingerprint density at radius 2 is 1.12 bits per heavy atom. The normalized spacial score (nSPS) is 12.5. The molecular formula is C23H34O2Si. The zero-order chi connectivity index (χ0) is 19.2. The molecular weight excluding hydrogens is 336 g/mol. The average Bonchev–Trinajstić information content (AvgIpc) is 2.63. The van der Waals surface area contributed by atoms with Crippen molar-refractivity contribution in [3.63, 3.8) is 0 Å². The maximum atomic E-state index is 7.00. The van der Waals surface area contributed by atoms with E-state index in [0.717, 1.165) is 0 Å². The molecule has 2 nitrogen and oxygen atoms in total. The van der Waals surface area contributed by atoms with Gasteiger partial charge in [0.15, 0.2) is 0 Å². The first-order valence-corrected chi connectivity index (χ1v) is 11.6. The van der Waals surface area contributed by atoms with Crippen LogP contribution >= 0.6 is 0 Å². The molecule has 0 radical (unpaired) electrons. The van der Waals surface area contributed by atoms with Crippen molar-refractivity contribution in [1.82, 2.24) is 0 Å². The van der Waals surface area contributed by atoms with Crippen molar-refractivity contribution in [1.29, 1.82) is 0 Å². The van der Waals surface area contributed by atoms with Crippen LogP contribution in [0.25, 0.3) is 0 Å². The van der Waals surface area contributed by atoms with Gasteiger partial charge in [0.25, 0.3) is 0 Å². The zero-order valence-corrected chi connectivity index (χ0v) is 18.1. The highest BCUT2D eigenvalue weighted by atomic mass is 28.4. The summed E-state index contributed by atoms with van der Waals surface area (Å²) in [4.78, 5) is 0. The number of hydrogen-bond acceptors (Lipinski definition) is 2. The molecule has 0 aliphatic heterocycles. The lowest BCUT2D eigenvalue weighted by Gasteiger charge is -2.38. The third-order valence-electron chi connectivity index (χ3n) is 4.54. The van der Waals surface area contributed by atoms with Gasteiger partial charge in [0.05, 0.1) is 6.10 Å². The molecule has 2 rings (SSSR count). The fraction of sp³-hybridized carbons (Fsp3) is 0.478. The lowest BCUT2D eigenvalue weighted by Crippen LogP contribution is -2.65. The Kier molecular flexibility index (Phi) is 7.63. The van der Waals surface area contributed by atoms with Gasteiger partial charge in [0.2, 0.25) is 0 Å². The smallest absolute Gasteiger partial charge is 0.387 e. The van der Waals surface area contributed by atoms with Crippen molar-refractivity contribution in [3.05, 3.63) is 60.7 Å². The second-order valence-electron chi connectivity index (χ2n) is 8.12. The van der Waals surface area contributed by atoms with Crippen molar-refractivity contribution in [3.8, 4) is 0 Å². The third-order valence-corrected chi connectivity index (χ3v) is 7.91. The average molecular weight is 371 g/mol. The predicted octanol–water partition coefficient (Wildman–Crippen LogP) is 4.61. The zero-order valence-electron chi connectivity index (χ0n) is 17.1. The van der Waals surface area contributed by atoms with Crippen molar-refractivity contribution >= 4 is 18.9 Å². The number of benzene rings is 2. The Labute approximate surface area is 160 Å². The van der Waals surface area contributed by atoms with Crippen molar-refractivity contribution < 1.29 is 8.85 Å². The Morgan fingerprint density at radius 3 is 1.46 bits per heavy atom. The van der Waals surface area contributed by atoms with Crippen molar-refractivity contribution in [2.24, 2.45) is 17.8 Å². The van der Waals surface area contributed by atoms with E-state index in [1.54, 1.807) is 0 Å². The molecule has 0 fully saturated rings. The van der Waals surface area contributed by atoms with Gasteiger partial charge in [0, 0.05) is 6.61 Å². The summed E-state index contributed by atoms with van der Waals surface area (Å²) >= 11 is 0. The van der Waals surface area contributed by atoms with Crippen LogP contribution < -0.4 is 10.4 Å². The van der Waals surface area contributed by atoms with Gasteiger partial charge in [-0.3, -0.25) is 0 Å². The van der Waals surface area contributed by atoms with Crippen LogP contribution in [0, 0.1) is 17.8 Å². The Bertz CT molecular complexity index is 590. The molecule has 0 unspecified atom stereocenters. The van der Waals surface area contributed by atoms with Crippen LogP contribution in [0.1, 0.15) is 41.5 Å². The largest absolute Gasteiger partial charge is 0.407 e. The van der Waals surface area contributed by atoms with E-state index >= 15 is 0 Å². The molecule has 0 heterocycles. The molecule has 0 bridgehead atoms. The van der Waals surface area contributed by atoms with Gasteiger partial charge < -0.3 is 8.85 Å². The Hall–Kier alpha value is -1.42. The standard InChI is InChI=1S/C23H34O2Si/c1-18(2)17-24-26(21-13-9-7-10-14-21,22-15-11-8-12-16-22)25-23(19(3)4)20(5)6/h7-16,18-20,23H,17H2,1-6H3. The molecule has 0 aromatic heterocycles. The van der Waals surface area contributed by atoms with Crippen LogP contribution in [0.3, 0.4) is 0 Å². The van der Waals surface area contributed by atoms with E-state index in [2.05, 4.69) is 102 Å². The van der Waals surface area contributed by atoms with Crippen LogP contribution in [0.5, 0.6) is 0 Å². The lowest BCUT2D eigenvalue weighted by atomic mass is 9.97. The van der Waals surface area contributed by atoms with Gasteiger partial charge in [-0.25, -0.2) is 0 Å². The topological polar surface area (TPSA) is 18.5 Å². The summed E-state index contributed by atoms with van der Waals surface area (Å²) in [7, 11) is -2.80. The second kappa shape index (κ2) is 9.49. The first-order valence-electron chi connectivity index (χ1n) is 9.79. The van der Waals surface area contributed by atoms with Gasteiger partial charge in [-0.2, -0.15) is 0 Å². The molecule has 142 valence electrons. The SMILES string of the molecule is CC(C)CO[Si](OC(C(C)C)C(C)C)(c1ccccc1)c1ccccc1. The molecule has 0 N–H and O–H groups in total. The molecule has 0 spiro atoms. The highest BCUT2D eigenvalue weighted by Gasteiger charge is 2.45. The first kappa shape index (κ1) is 20.9. The van der Waals surface area contributed by atoms with E-state index in [4.69, 9.17) is 8.85 Å². The van der Waals surface area contributed by atoms with Crippen LogP contribution in [-0.4, -0.2) is 21.3 Å². The Balaban J connectivity index is 2.59. The van der Waals surface area contributed by atoms with E-state index in [0.29, 0.717) is 24.4 Å². The van der Waals surface area contributed by atoms with E-state index < -0.39 is 8.56 Å². The maximum absolute atomic E-state index is 7.00. The maximum Gasteiger partial charge on any atom is 0.407 e. The fourth-order valence-electron chi connectivity index (χ4n) is 3.34. The summed E-state index contributed by atoms with van der Waals surface area (Å²) in [6.07, 6.45) is 0.147. The number of rotatable bonds is 9. The highest BCUT2D eigenvalue weighted by molar-refractivity contribution is 6.92. The summed E-state index contributed by atoms with van der Waals surface area (Å²) in [6, 6.07) is 21.1. The van der Waals surface area contributed by atoms with Crippen LogP contribution in [0.2, 0.25) is 0 Å². The summed E-state index contributed by atoms with van der Waals surface area (Å²) in [5.41, 5.74) is 0. The second-order valence-corrected chi connectivity index (χ2v) is 11.0. The molecule has 0 aliphatic rings. The monoisotopic (exact) mass is 370 g/mol. The van der Waals surface area contributed by atoms with Gasteiger partial charge in [0.1, 0.15) is 0 Å². The Morgan fingerprint density at radius 1 is 0.692 bits per heavy atom. The molecule has 2 aromatic rings. The molecule has 26 heavy (non-hydrogen) atoms. The molecule has 0 saturated heterocycles. The van der Waals surface area contributed by atoms with Crippen LogP contribution in [0.4, 0.5) is 0 Å². The fourth-order valence-corrected chi connectivity index (χ4v) is 7.10. The van der Waals surface area contributed by atoms with E-state index in [1.165, 1.54) is 10.4 Å². The summed E-state index contributed by atoms with van der Waals surface area (Å²) in [6.45, 7) is 14.0. The van der Waals surface area contributed by atoms with Gasteiger partial charge in [-0.05, 0) is 28.1 Å². The third kappa shape index (κ3) is 5.06. The van der Waals surface area contributed by atoms with Gasteiger partial charge in [-0.15, -0.1) is 0 Å². The van der Waals surface area contributed by atoms with Gasteiger partial charge in [-0.1, -0.05) is 102 Å². The molecule has 0 amide bonds. The minimum absolute atomic E-state index is 0.147. The predicted molar refractivity (Wildman–Crippen MR) is 113 cm³/mol. The molecule has 3 heteroatoms. The van der Waals surface area contributed by atoms with E-state index in [-0.39, 0.29) is 6.10 Å². The van der Waals surface area contributed by atoms with Crippen molar-refractivity contribution in [2.75, 3.05) is 6.61 Å². The van der Waals surface area contributed by atoms with Crippen LogP contribution in [-0.2, 0) is 8.85 Å². The number of hydrogen-bond donors (Lipinski definition) is 0. The summed E-state index contributed by atoms with van der Waals surface area (Å²) in [5.74, 6) is 1.31. The highest BCUT2D eigenvalue weighted by Crippen LogP contribution is 2.23. The van der Waals surface area contributed by atoms with Crippen LogP contribution in [0.15, 0.2) is 60.7 Å². The minimum Gasteiger partial charge on any atom is -0.387 e. The summed E-state index contributed by atoms with van der Waals surface area (Å²) < 4.78 is 13.7. The van der Waals surface area contributed by atoms with Crippen molar-refractivity contribution in [2.45, 2.75) is 47.6 Å². The molecule has 0 atom stereocenters. The molecule has 2 aromatic carbocycles. The summed E-state index contributed by atoms with van der Waals surface area (Å²) in [5, 5.41) is 2.36. The van der Waals surface area contributed by atoms with E-state index in [1.807, 2.05) is 0 Å². The molecule has 0 saturated carbocycles. The first-order chi connectivity index (χ1) is 12.4. The quantitative estimate of drug-likeness (QED) is 0.600. The van der Waals surface area contributed by atoms with Gasteiger partial charge >= 0.3 is 8.56 Å². The molecule has 0 aliphatic carbocycles. The van der Waals surface area contributed by atoms with E-state index in [9.17, 15) is 0 Å². The minimum atomic E-state index is -2.80. The lowest BCUT2D eigenvalue weighted by molar-refractivity contribution is 0.0597.